The lowest BCUT2D eigenvalue weighted by Crippen LogP contribution is -2.08. The zero-order valence-electron chi connectivity index (χ0n) is 11.4. The second-order valence-corrected chi connectivity index (χ2v) is 5.51. The first-order valence-electron chi connectivity index (χ1n) is 6.61. The van der Waals surface area contributed by atoms with Crippen molar-refractivity contribution in [2.75, 3.05) is 7.11 Å². The van der Waals surface area contributed by atoms with Crippen molar-refractivity contribution >= 4 is 23.2 Å². The van der Waals surface area contributed by atoms with Crippen molar-refractivity contribution in [2.24, 2.45) is 5.92 Å². The maximum Gasteiger partial charge on any atom is 0.123 e. The van der Waals surface area contributed by atoms with Crippen LogP contribution in [0.2, 0.25) is 5.02 Å². The fourth-order valence-electron chi connectivity index (χ4n) is 2.20. The van der Waals surface area contributed by atoms with Crippen LogP contribution < -0.4 is 4.74 Å². The monoisotopic (exact) mass is 288 g/mol. The molecule has 1 nitrogen and oxygen atoms in total. The van der Waals surface area contributed by atoms with Crippen LogP contribution in [0.1, 0.15) is 50.5 Å². The van der Waals surface area contributed by atoms with Gasteiger partial charge < -0.3 is 4.74 Å². The highest BCUT2D eigenvalue weighted by Crippen LogP contribution is 2.40. The van der Waals surface area contributed by atoms with Crippen LogP contribution in [0.25, 0.3) is 0 Å². The van der Waals surface area contributed by atoms with Crippen LogP contribution in [0.3, 0.4) is 0 Å². The Kier molecular flexibility index (Phi) is 6.88. The largest absolute Gasteiger partial charge is 0.496 e. The number of hydrogen-bond donors (Lipinski definition) is 0. The van der Waals surface area contributed by atoms with E-state index in [1.165, 1.54) is 12.8 Å². The average molecular weight is 289 g/mol. The fourth-order valence-corrected chi connectivity index (χ4v) is 2.85. The van der Waals surface area contributed by atoms with Gasteiger partial charge in [0.15, 0.2) is 0 Å². The molecule has 0 saturated carbocycles. The van der Waals surface area contributed by atoms with Gasteiger partial charge in [-0.15, -0.1) is 11.6 Å². The summed E-state index contributed by atoms with van der Waals surface area (Å²) < 4.78 is 5.38. The van der Waals surface area contributed by atoms with Crippen LogP contribution in [0.4, 0.5) is 0 Å². The van der Waals surface area contributed by atoms with Crippen molar-refractivity contribution in [3.05, 3.63) is 28.8 Å². The SMILES string of the molecule is CCCCC(CC)C(Cl)c1cc(Cl)ccc1OC. The molecule has 0 bridgehead atoms. The Morgan fingerprint density at radius 3 is 2.56 bits per heavy atom. The molecule has 0 saturated heterocycles. The fraction of sp³-hybridized carbons (Fsp3) is 0.600. The number of methoxy groups -OCH3 is 1. The maximum absolute atomic E-state index is 6.63. The topological polar surface area (TPSA) is 9.23 Å². The molecule has 0 aliphatic heterocycles. The molecule has 3 heteroatoms. The molecule has 0 aliphatic carbocycles. The number of hydrogen-bond acceptors (Lipinski definition) is 1. The predicted molar refractivity (Wildman–Crippen MR) is 79.9 cm³/mol. The Morgan fingerprint density at radius 1 is 1.28 bits per heavy atom. The normalized spacial score (nSPS) is 14.3. The van der Waals surface area contributed by atoms with Gasteiger partial charge in [0, 0.05) is 10.6 Å². The average Bonchev–Trinajstić information content (AvgIpc) is 2.39. The summed E-state index contributed by atoms with van der Waals surface area (Å²) in [4.78, 5) is 0. The molecule has 0 amide bonds. The number of rotatable bonds is 7. The maximum atomic E-state index is 6.63. The highest BCUT2D eigenvalue weighted by molar-refractivity contribution is 6.31. The van der Waals surface area contributed by atoms with Crippen molar-refractivity contribution < 1.29 is 4.74 Å². The van der Waals surface area contributed by atoms with Gasteiger partial charge >= 0.3 is 0 Å². The highest BCUT2D eigenvalue weighted by Gasteiger charge is 2.22. The molecule has 102 valence electrons. The first-order chi connectivity index (χ1) is 8.63. The van der Waals surface area contributed by atoms with Gasteiger partial charge in [0.2, 0.25) is 0 Å². The predicted octanol–water partition coefficient (Wildman–Crippen LogP) is 5.84. The lowest BCUT2D eigenvalue weighted by molar-refractivity contribution is 0.391. The van der Waals surface area contributed by atoms with Gasteiger partial charge in [-0.1, -0.05) is 44.7 Å². The molecule has 0 N–H and O–H groups in total. The summed E-state index contributed by atoms with van der Waals surface area (Å²) in [6.07, 6.45) is 4.64. The third-order valence-corrected chi connectivity index (χ3v) is 4.18. The number of alkyl halides is 1. The standard InChI is InChI=1S/C15H22Cl2O/c1-4-6-7-11(5-2)15(17)13-10-12(16)8-9-14(13)18-3/h8-11,15H,4-7H2,1-3H3. The van der Waals surface area contributed by atoms with E-state index < -0.39 is 0 Å². The van der Waals surface area contributed by atoms with Crippen molar-refractivity contribution in [1.82, 2.24) is 0 Å². The van der Waals surface area contributed by atoms with Crippen molar-refractivity contribution in [2.45, 2.75) is 44.9 Å². The molecule has 0 spiro atoms. The Labute approximate surface area is 120 Å². The van der Waals surface area contributed by atoms with Gasteiger partial charge in [-0.2, -0.15) is 0 Å². The lowest BCUT2D eigenvalue weighted by Gasteiger charge is -2.23. The molecule has 18 heavy (non-hydrogen) atoms. The first-order valence-corrected chi connectivity index (χ1v) is 7.42. The van der Waals surface area contributed by atoms with E-state index in [1.807, 2.05) is 18.2 Å². The van der Waals surface area contributed by atoms with E-state index in [0.717, 1.165) is 24.2 Å². The molecule has 1 aromatic rings. The summed E-state index contributed by atoms with van der Waals surface area (Å²) in [5, 5.41) is 0.678. The Morgan fingerprint density at radius 2 is 2.00 bits per heavy atom. The summed E-state index contributed by atoms with van der Waals surface area (Å²) in [6.45, 7) is 4.39. The summed E-state index contributed by atoms with van der Waals surface area (Å²) >= 11 is 12.7. The minimum atomic E-state index is -0.0322. The van der Waals surface area contributed by atoms with Gasteiger partial charge in [-0.05, 0) is 30.5 Å². The molecule has 1 rings (SSSR count). The molecule has 2 unspecified atom stereocenters. The van der Waals surface area contributed by atoms with Crippen LogP contribution in [-0.2, 0) is 0 Å². The van der Waals surface area contributed by atoms with Crippen LogP contribution in [0, 0.1) is 5.92 Å². The van der Waals surface area contributed by atoms with Gasteiger partial charge in [0.1, 0.15) is 5.75 Å². The lowest BCUT2D eigenvalue weighted by atomic mass is 9.91. The Hall–Kier alpha value is -0.400. The second-order valence-electron chi connectivity index (χ2n) is 4.60. The van der Waals surface area contributed by atoms with Crippen molar-refractivity contribution in [3.63, 3.8) is 0 Å². The minimum Gasteiger partial charge on any atom is -0.496 e. The molecule has 0 aliphatic rings. The van der Waals surface area contributed by atoms with Crippen molar-refractivity contribution in [3.8, 4) is 5.75 Å². The zero-order valence-corrected chi connectivity index (χ0v) is 12.9. The van der Waals surface area contributed by atoms with E-state index in [9.17, 15) is 0 Å². The molecule has 0 aromatic heterocycles. The van der Waals surface area contributed by atoms with Gasteiger partial charge in [-0.25, -0.2) is 0 Å². The number of unbranched alkanes of at least 4 members (excludes halogenated alkanes) is 1. The summed E-state index contributed by atoms with van der Waals surface area (Å²) in [7, 11) is 1.67. The summed E-state index contributed by atoms with van der Waals surface area (Å²) in [5.74, 6) is 1.30. The van der Waals surface area contributed by atoms with E-state index in [2.05, 4.69) is 13.8 Å². The molecular weight excluding hydrogens is 267 g/mol. The van der Waals surface area contributed by atoms with Gasteiger partial charge in [-0.3, -0.25) is 0 Å². The van der Waals surface area contributed by atoms with E-state index in [-0.39, 0.29) is 5.38 Å². The summed E-state index contributed by atoms with van der Waals surface area (Å²) in [5.41, 5.74) is 1.01. The molecule has 1 aromatic carbocycles. The molecule has 0 fully saturated rings. The zero-order chi connectivity index (χ0) is 13.5. The van der Waals surface area contributed by atoms with Crippen LogP contribution in [0.15, 0.2) is 18.2 Å². The Balaban J connectivity index is 2.92. The van der Waals surface area contributed by atoms with Gasteiger partial charge in [0.25, 0.3) is 0 Å². The quantitative estimate of drug-likeness (QED) is 0.572. The van der Waals surface area contributed by atoms with Gasteiger partial charge in [0.05, 0.1) is 12.5 Å². The molecule has 2 atom stereocenters. The third kappa shape index (κ3) is 4.07. The number of halogens is 2. The highest BCUT2D eigenvalue weighted by atomic mass is 35.5. The molecule has 0 radical (unpaired) electrons. The van der Waals surface area contributed by atoms with E-state index in [1.54, 1.807) is 7.11 Å². The molecular formula is C15H22Cl2O. The van der Waals surface area contributed by atoms with E-state index >= 15 is 0 Å². The number of ether oxygens (including phenoxy) is 1. The minimum absolute atomic E-state index is 0.0322. The third-order valence-electron chi connectivity index (χ3n) is 3.36. The second kappa shape index (κ2) is 7.91. The molecule has 0 heterocycles. The first kappa shape index (κ1) is 15.7. The summed E-state index contributed by atoms with van der Waals surface area (Å²) in [6, 6.07) is 5.65. The smallest absolute Gasteiger partial charge is 0.123 e. The number of benzene rings is 1. The van der Waals surface area contributed by atoms with E-state index in [4.69, 9.17) is 27.9 Å². The Bertz CT molecular complexity index is 366. The van der Waals surface area contributed by atoms with Crippen LogP contribution in [0.5, 0.6) is 5.75 Å². The van der Waals surface area contributed by atoms with E-state index in [0.29, 0.717) is 10.9 Å². The van der Waals surface area contributed by atoms with Crippen LogP contribution in [-0.4, -0.2) is 7.11 Å². The van der Waals surface area contributed by atoms with Crippen molar-refractivity contribution in [1.29, 1.82) is 0 Å². The van der Waals surface area contributed by atoms with Crippen LogP contribution >= 0.6 is 23.2 Å².